The lowest BCUT2D eigenvalue weighted by atomic mass is 10.1. The van der Waals surface area contributed by atoms with Gasteiger partial charge >= 0.3 is 39.5 Å². The van der Waals surface area contributed by atoms with Crippen molar-refractivity contribution in [3.05, 3.63) is 158 Å². The molecular weight excluding hydrogens is 1400 g/mol. The second kappa shape index (κ2) is 79.8. The predicted octanol–water partition coefficient (Wildman–Crippen LogP) is 24.8. The topological polar surface area (TPSA) is 237 Å². The van der Waals surface area contributed by atoms with Gasteiger partial charge in [-0.05, 0) is 167 Å². The number of hydrogen-bond acceptors (Lipinski definition) is 15. The summed E-state index contributed by atoms with van der Waals surface area (Å²) in [4.78, 5) is 73.2. The summed E-state index contributed by atoms with van der Waals surface area (Å²) in [5.74, 6) is -2.25. The Morgan fingerprint density at radius 3 is 0.787 bits per heavy atom. The van der Waals surface area contributed by atoms with Crippen LogP contribution in [0.5, 0.6) is 0 Å². The Bertz CT molecular complexity index is 2660. The van der Waals surface area contributed by atoms with E-state index >= 15 is 0 Å². The Kier molecular flexibility index (Phi) is 75.8. The van der Waals surface area contributed by atoms with Crippen LogP contribution in [0.15, 0.2) is 158 Å². The van der Waals surface area contributed by atoms with Gasteiger partial charge in [0.05, 0.1) is 26.4 Å². The van der Waals surface area contributed by atoms with Gasteiger partial charge in [-0.15, -0.1) is 0 Å². The van der Waals surface area contributed by atoms with Crippen LogP contribution in [-0.2, 0) is 65.4 Å². The number of hydrogen-bond donors (Lipinski definition) is 3. The van der Waals surface area contributed by atoms with Gasteiger partial charge in [0.25, 0.3) is 0 Å². The summed E-state index contributed by atoms with van der Waals surface area (Å²) >= 11 is 0. The number of aliphatic hydroxyl groups excluding tert-OH is 1. The minimum atomic E-state index is -5.00. The predicted molar refractivity (Wildman–Crippen MR) is 445 cm³/mol. The number of allylic oxidation sites excluding steroid dienone is 26. The second-order valence-electron chi connectivity index (χ2n) is 27.3. The van der Waals surface area contributed by atoms with Crippen molar-refractivity contribution < 1.29 is 80.2 Å². The van der Waals surface area contributed by atoms with Gasteiger partial charge in [0.2, 0.25) is 0 Å². The highest BCUT2D eigenvalue weighted by Gasteiger charge is 2.30. The third-order valence-corrected chi connectivity index (χ3v) is 18.8. The van der Waals surface area contributed by atoms with Crippen molar-refractivity contribution in [2.45, 2.75) is 341 Å². The van der Waals surface area contributed by atoms with Crippen LogP contribution >= 0.6 is 15.6 Å². The largest absolute Gasteiger partial charge is 0.472 e. The van der Waals surface area contributed by atoms with E-state index in [-0.39, 0.29) is 25.7 Å². The zero-order chi connectivity index (χ0) is 78.9. The van der Waals surface area contributed by atoms with Gasteiger partial charge in [0.1, 0.15) is 19.3 Å². The van der Waals surface area contributed by atoms with Crippen LogP contribution in [0.4, 0.5) is 0 Å². The summed E-state index contributed by atoms with van der Waals surface area (Å²) in [6, 6.07) is 0. The molecule has 0 aromatic carbocycles. The fraction of sp³-hybridized carbons (Fsp3) is 0.663. The average molecular weight is 1550 g/mol. The number of rotatable bonds is 77. The normalized spacial score (nSPS) is 14.6. The third kappa shape index (κ3) is 78.8. The maximum absolute atomic E-state index is 13.1. The lowest BCUT2D eigenvalue weighted by Gasteiger charge is -2.21. The molecule has 0 spiro atoms. The summed E-state index contributed by atoms with van der Waals surface area (Å²) in [6.07, 6.45) is 93.5. The van der Waals surface area contributed by atoms with Crippen molar-refractivity contribution in [3.63, 3.8) is 0 Å². The first-order chi connectivity index (χ1) is 52.7. The monoisotopic (exact) mass is 1550 g/mol. The summed E-state index contributed by atoms with van der Waals surface area (Å²) in [5.41, 5.74) is 0. The third-order valence-electron chi connectivity index (χ3n) is 16.9. The Hall–Kier alpha value is -5.32. The maximum Gasteiger partial charge on any atom is 0.472 e. The summed E-state index contributed by atoms with van der Waals surface area (Å²) in [5, 5.41) is 10.7. The van der Waals surface area contributed by atoms with Crippen LogP contribution in [0.25, 0.3) is 0 Å². The molecule has 0 aliphatic carbocycles. The first-order valence-electron chi connectivity index (χ1n) is 41.7. The molecule has 0 radical (unpaired) electrons. The molecule has 0 aliphatic rings. The van der Waals surface area contributed by atoms with Gasteiger partial charge in [-0.2, -0.15) is 0 Å². The highest BCUT2D eigenvalue weighted by atomic mass is 31.2. The number of phosphoric acid groups is 2. The molecule has 0 aromatic rings. The fourth-order valence-corrected chi connectivity index (χ4v) is 12.2. The summed E-state index contributed by atoms with van der Waals surface area (Å²) in [6.45, 7) is 4.49. The first kappa shape index (κ1) is 103. The van der Waals surface area contributed by atoms with Crippen molar-refractivity contribution >= 4 is 39.5 Å². The molecule has 0 bridgehead atoms. The zero-order valence-corrected chi connectivity index (χ0v) is 69.3. The highest BCUT2D eigenvalue weighted by molar-refractivity contribution is 7.47. The van der Waals surface area contributed by atoms with Gasteiger partial charge in [0.15, 0.2) is 12.2 Å². The number of ether oxygens (including phenoxy) is 4. The average Bonchev–Trinajstić information content (AvgIpc) is 0.886. The van der Waals surface area contributed by atoms with Gasteiger partial charge in [-0.25, -0.2) is 9.13 Å². The number of phosphoric ester groups is 2. The quantitative estimate of drug-likeness (QED) is 0.0169. The Balaban J connectivity index is 5.42. The van der Waals surface area contributed by atoms with E-state index in [9.17, 15) is 43.2 Å². The van der Waals surface area contributed by atoms with E-state index in [4.69, 9.17) is 37.0 Å². The fourth-order valence-electron chi connectivity index (χ4n) is 10.7. The van der Waals surface area contributed by atoms with Crippen LogP contribution < -0.4 is 0 Å². The van der Waals surface area contributed by atoms with Crippen LogP contribution in [-0.4, -0.2) is 96.7 Å². The summed E-state index contributed by atoms with van der Waals surface area (Å²) < 4.78 is 68.7. The number of carbonyl (C=O) groups excluding carboxylic acids is 4. The van der Waals surface area contributed by atoms with E-state index < -0.39 is 97.5 Å². The smallest absolute Gasteiger partial charge is 0.462 e. The molecule has 19 heteroatoms. The van der Waals surface area contributed by atoms with E-state index in [1.807, 2.05) is 0 Å². The first-order valence-corrected chi connectivity index (χ1v) is 44.7. The van der Waals surface area contributed by atoms with Crippen molar-refractivity contribution in [2.75, 3.05) is 39.6 Å². The molecule has 0 rings (SSSR count). The second-order valence-corrected chi connectivity index (χ2v) is 30.2. The molecule has 616 valence electrons. The number of carbonyl (C=O) groups is 4. The molecule has 0 fully saturated rings. The molecule has 0 aliphatic heterocycles. The molecule has 0 amide bonds. The van der Waals surface area contributed by atoms with Crippen molar-refractivity contribution in [1.29, 1.82) is 0 Å². The van der Waals surface area contributed by atoms with Gasteiger partial charge in [-0.3, -0.25) is 37.3 Å². The lowest BCUT2D eigenvalue weighted by Crippen LogP contribution is -2.30. The van der Waals surface area contributed by atoms with Crippen LogP contribution in [0, 0.1) is 0 Å². The van der Waals surface area contributed by atoms with Crippen LogP contribution in [0.2, 0.25) is 0 Å². The maximum atomic E-state index is 13.1. The van der Waals surface area contributed by atoms with Crippen LogP contribution in [0.3, 0.4) is 0 Å². The molecule has 0 heterocycles. The molecule has 0 saturated heterocycles. The SMILES string of the molecule is CC/C=C\C/C=C\C/C=C\C/C=C\C/C=C\CCCCCC(=O)OCC(COP(=O)(O)OCC(O)COP(=O)(O)OCC(COC(=O)CCCCCCCC/C=C\C/C=C\C/C=C\CCCCC)OC(=O)CCCCCCC/C=C\C/C=C\CCC)OC(=O)CCCCCCCCC/C=C\C/C=C\C/C=C\CC. The van der Waals surface area contributed by atoms with Crippen molar-refractivity contribution in [2.24, 2.45) is 0 Å². The number of esters is 4. The molecule has 17 nitrogen and oxygen atoms in total. The standard InChI is InChI=1S/C89H148O17P2/c1-5-9-13-17-21-25-29-33-36-39-41-44-46-50-53-57-61-65-69-73-86(91)99-79-84(105-88(93)75-71-67-63-59-55-49-32-28-24-20-16-12-8-4)81-103-107(95,96)101-77-83(90)78-102-108(97,98)104-82-85(106-89(94)76-72-68-64-60-56-52-48-43-38-35-31-27-23-19-15-11-7-3)80-100-87(92)74-70-66-62-58-54-51-47-45-42-40-37-34-30-26-22-18-14-10-6-2/h10-11,14-16,20-23,25-28,32-38,41-42,44-45,51,54,83-85,90H,5-9,12-13,17-19,24,29-31,39-40,43,46-50,52-53,55-82H2,1-4H3,(H,95,96)(H,97,98)/b14-10-,15-11-,20-16-,25-21-,26-22-,27-23-,32-28-,36-33-,37-34-,38-35-,44-41-,45-42-,54-51-. The van der Waals surface area contributed by atoms with E-state index in [1.165, 1.54) is 19.3 Å². The van der Waals surface area contributed by atoms with E-state index in [1.54, 1.807) is 0 Å². The van der Waals surface area contributed by atoms with E-state index in [2.05, 4.69) is 186 Å². The highest BCUT2D eigenvalue weighted by Crippen LogP contribution is 2.45. The molecule has 5 atom stereocenters. The Morgan fingerprint density at radius 2 is 0.500 bits per heavy atom. The molecule has 0 saturated carbocycles. The number of unbranched alkanes of at least 4 members (excludes halogenated alkanes) is 25. The van der Waals surface area contributed by atoms with E-state index in [0.29, 0.717) is 25.7 Å². The molecule has 108 heavy (non-hydrogen) atoms. The Labute approximate surface area is 655 Å². The molecule has 0 aromatic heterocycles. The zero-order valence-electron chi connectivity index (χ0n) is 67.5. The van der Waals surface area contributed by atoms with Gasteiger partial charge < -0.3 is 33.8 Å². The van der Waals surface area contributed by atoms with Gasteiger partial charge in [0, 0.05) is 25.7 Å². The molecule has 5 unspecified atom stereocenters. The van der Waals surface area contributed by atoms with Gasteiger partial charge in [-0.1, -0.05) is 288 Å². The minimum Gasteiger partial charge on any atom is -0.462 e. The lowest BCUT2D eigenvalue weighted by molar-refractivity contribution is -0.161. The Morgan fingerprint density at radius 1 is 0.269 bits per heavy atom. The minimum absolute atomic E-state index is 0.0706. The molecular formula is C89H148O17P2. The van der Waals surface area contributed by atoms with E-state index in [0.717, 1.165) is 225 Å². The van der Waals surface area contributed by atoms with Crippen LogP contribution in [0.1, 0.15) is 323 Å². The number of aliphatic hydroxyl groups is 1. The van der Waals surface area contributed by atoms with Crippen molar-refractivity contribution in [1.82, 2.24) is 0 Å². The van der Waals surface area contributed by atoms with Crippen molar-refractivity contribution in [3.8, 4) is 0 Å². The summed E-state index contributed by atoms with van der Waals surface area (Å²) in [7, 11) is -9.99. The molecule has 3 N–H and O–H groups in total.